The van der Waals surface area contributed by atoms with E-state index < -0.39 is 0 Å². The molecule has 0 saturated carbocycles. The summed E-state index contributed by atoms with van der Waals surface area (Å²) in [6.07, 6.45) is 4.08. The van der Waals surface area contributed by atoms with Gasteiger partial charge in [-0.3, -0.25) is 0 Å². The number of H-pyrrole nitrogens is 1. The van der Waals surface area contributed by atoms with Crippen molar-refractivity contribution in [3.05, 3.63) is 50.4 Å². The van der Waals surface area contributed by atoms with Crippen LogP contribution in [0.2, 0.25) is 0 Å². The first-order chi connectivity index (χ1) is 7.28. The monoisotopic (exact) mass is 235 g/mol. The highest BCUT2D eigenvalue weighted by Crippen LogP contribution is 2.15. The number of rotatable bonds is 3. The normalized spacial score (nSPS) is 10.5. The van der Waals surface area contributed by atoms with Gasteiger partial charge >= 0.3 is 0 Å². The number of hydrogen-bond acceptors (Lipinski definition) is 2. The minimum atomic E-state index is 0.857. The highest BCUT2D eigenvalue weighted by molar-refractivity contribution is 7.73. The van der Waals surface area contributed by atoms with Crippen molar-refractivity contribution in [2.75, 3.05) is 0 Å². The van der Waals surface area contributed by atoms with Crippen molar-refractivity contribution in [3.8, 4) is 0 Å². The largest absolute Gasteiger partial charge is 0.343 e. The molecule has 1 nitrogen and oxygen atoms in total. The van der Waals surface area contributed by atoms with Gasteiger partial charge < -0.3 is 4.98 Å². The number of aromatic nitrogens is 1. The lowest BCUT2D eigenvalue weighted by Crippen LogP contribution is -1.86. The number of nitrogens with one attached hydrogen (secondary N) is 1. The quantitative estimate of drug-likeness (QED) is 0.796. The van der Waals surface area contributed by atoms with Crippen molar-refractivity contribution in [1.82, 2.24) is 4.98 Å². The van der Waals surface area contributed by atoms with Crippen LogP contribution in [-0.4, -0.2) is 4.98 Å². The van der Waals surface area contributed by atoms with Crippen LogP contribution in [0.3, 0.4) is 0 Å². The number of aryl methyl sites for hydroxylation is 1. The molecule has 0 unspecified atom stereocenters. The van der Waals surface area contributed by atoms with E-state index in [9.17, 15) is 0 Å². The van der Waals surface area contributed by atoms with Gasteiger partial charge in [-0.1, -0.05) is 31.2 Å². The molecule has 0 aliphatic rings. The Balaban J connectivity index is 2.14. The maximum absolute atomic E-state index is 5.05. The Morgan fingerprint density at radius 3 is 2.40 bits per heavy atom. The molecule has 1 heterocycles. The molecule has 1 aromatic heterocycles. The smallest absolute Gasteiger partial charge is 0.158 e. The molecule has 3 heteroatoms. The van der Waals surface area contributed by atoms with Crippen molar-refractivity contribution >= 4 is 23.6 Å². The molecule has 0 bridgehead atoms. The number of aromatic amines is 1. The third-order valence-corrected chi connectivity index (χ3v) is 3.58. The van der Waals surface area contributed by atoms with Gasteiger partial charge in [0.25, 0.3) is 0 Å². The summed E-state index contributed by atoms with van der Waals surface area (Å²) in [7, 11) is 0. The van der Waals surface area contributed by atoms with Crippen molar-refractivity contribution in [2.24, 2.45) is 0 Å². The van der Waals surface area contributed by atoms with Crippen LogP contribution in [0.5, 0.6) is 0 Å². The van der Waals surface area contributed by atoms with E-state index in [2.05, 4.69) is 36.2 Å². The standard InChI is InChI=1S/C12H13NS2/c1-2-9-3-5-10(6-4-9)7-11-8-13-12(14)15-11/h3-6,8H,2,7H2,1H3,(H,13,14). The first-order valence-electron chi connectivity index (χ1n) is 5.03. The van der Waals surface area contributed by atoms with E-state index in [0.29, 0.717) is 0 Å². The van der Waals surface area contributed by atoms with E-state index >= 15 is 0 Å². The van der Waals surface area contributed by atoms with Crippen LogP contribution in [-0.2, 0) is 12.8 Å². The van der Waals surface area contributed by atoms with Crippen molar-refractivity contribution < 1.29 is 0 Å². The van der Waals surface area contributed by atoms with E-state index in [-0.39, 0.29) is 0 Å². The molecule has 1 N–H and O–H groups in total. The number of benzene rings is 1. The lowest BCUT2D eigenvalue weighted by atomic mass is 10.1. The Bertz CT molecular complexity index is 479. The molecule has 78 valence electrons. The Morgan fingerprint density at radius 2 is 1.87 bits per heavy atom. The van der Waals surface area contributed by atoms with E-state index in [1.165, 1.54) is 16.0 Å². The van der Waals surface area contributed by atoms with Crippen LogP contribution in [0.4, 0.5) is 0 Å². The Hall–Kier alpha value is -0.930. The molecule has 0 radical (unpaired) electrons. The summed E-state index contributed by atoms with van der Waals surface area (Å²) in [5.74, 6) is 0. The van der Waals surface area contributed by atoms with Gasteiger partial charge in [0.1, 0.15) is 0 Å². The predicted molar refractivity (Wildman–Crippen MR) is 68.1 cm³/mol. The number of hydrogen-bond donors (Lipinski definition) is 1. The van der Waals surface area contributed by atoms with Gasteiger partial charge in [0, 0.05) is 17.5 Å². The first kappa shape index (κ1) is 10.6. The van der Waals surface area contributed by atoms with Crippen molar-refractivity contribution in [2.45, 2.75) is 19.8 Å². The average molecular weight is 235 g/mol. The highest BCUT2D eigenvalue weighted by atomic mass is 32.1. The third-order valence-electron chi connectivity index (χ3n) is 2.38. The second-order valence-corrected chi connectivity index (χ2v) is 5.29. The average Bonchev–Trinajstić information content (AvgIpc) is 2.65. The summed E-state index contributed by atoms with van der Waals surface area (Å²) in [6, 6.07) is 8.78. The third kappa shape index (κ3) is 2.76. The molecule has 0 saturated heterocycles. The predicted octanol–water partition coefficient (Wildman–Crippen LogP) is 3.96. The molecule has 0 fully saturated rings. The second-order valence-electron chi connectivity index (χ2n) is 3.49. The lowest BCUT2D eigenvalue weighted by Gasteiger charge is -2.00. The second kappa shape index (κ2) is 4.73. The van der Waals surface area contributed by atoms with Crippen LogP contribution in [0, 0.1) is 3.95 Å². The van der Waals surface area contributed by atoms with E-state index in [0.717, 1.165) is 16.8 Å². The molecule has 0 aliphatic heterocycles. The molecule has 0 atom stereocenters. The highest BCUT2D eigenvalue weighted by Gasteiger charge is 1.98. The Morgan fingerprint density at radius 1 is 1.20 bits per heavy atom. The maximum Gasteiger partial charge on any atom is 0.158 e. The van der Waals surface area contributed by atoms with Gasteiger partial charge in [0.15, 0.2) is 3.95 Å². The fourth-order valence-electron chi connectivity index (χ4n) is 1.50. The van der Waals surface area contributed by atoms with E-state index in [1.54, 1.807) is 11.3 Å². The Kier molecular flexibility index (Phi) is 3.34. The minimum absolute atomic E-state index is 0.857. The topological polar surface area (TPSA) is 15.8 Å². The Labute approximate surface area is 98.8 Å². The zero-order valence-corrected chi connectivity index (χ0v) is 10.3. The van der Waals surface area contributed by atoms with Gasteiger partial charge in [0.2, 0.25) is 0 Å². The zero-order chi connectivity index (χ0) is 10.7. The zero-order valence-electron chi connectivity index (χ0n) is 8.62. The summed E-state index contributed by atoms with van der Waals surface area (Å²) < 4.78 is 0.857. The van der Waals surface area contributed by atoms with Gasteiger partial charge in [-0.2, -0.15) is 0 Å². The van der Waals surface area contributed by atoms with Gasteiger partial charge in [-0.25, -0.2) is 0 Å². The van der Waals surface area contributed by atoms with Crippen LogP contribution >= 0.6 is 23.6 Å². The van der Waals surface area contributed by atoms with Crippen molar-refractivity contribution in [3.63, 3.8) is 0 Å². The molecule has 0 aliphatic carbocycles. The SMILES string of the molecule is CCc1ccc(Cc2c[nH]c(=S)s2)cc1. The van der Waals surface area contributed by atoms with E-state index in [1.807, 2.05) is 6.20 Å². The molecule has 2 aromatic rings. The van der Waals surface area contributed by atoms with Crippen LogP contribution in [0.15, 0.2) is 30.5 Å². The molecule has 15 heavy (non-hydrogen) atoms. The van der Waals surface area contributed by atoms with Gasteiger partial charge in [0.05, 0.1) is 0 Å². The molecular formula is C12H13NS2. The fourth-order valence-corrected chi connectivity index (χ4v) is 2.59. The first-order valence-corrected chi connectivity index (χ1v) is 6.25. The van der Waals surface area contributed by atoms with Crippen LogP contribution in [0.25, 0.3) is 0 Å². The van der Waals surface area contributed by atoms with Gasteiger partial charge in [-0.05, 0) is 29.8 Å². The summed E-state index contributed by atoms with van der Waals surface area (Å²) in [4.78, 5) is 4.34. The van der Waals surface area contributed by atoms with Crippen LogP contribution in [0.1, 0.15) is 22.9 Å². The van der Waals surface area contributed by atoms with Gasteiger partial charge in [-0.15, -0.1) is 11.3 Å². The number of thiazole rings is 1. The molecule has 0 amide bonds. The molecular weight excluding hydrogens is 222 g/mol. The molecule has 2 rings (SSSR count). The summed E-state index contributed by atoms with van der Waals surface area (Å²) in [5, 5.41) is 0. The summed E-state index contributed by atoms with van der Waals surface area (Å²) >= 11 is 6.70. The maximum atomic E-state index is 5.05. The van der Waals surface area contributed by atoms with Crippen molar-refractivity contribution in [1.29, 1.82) is 0 Å². The minimum Gasteiger partial charge on any atom is -0.343 e. The molecule has 0 spiro atoms. The lowest BCUT2D eigenvalue weighted by molar-refractivity contribution is 1.12. The fraction of sp³-hybridized carbons (Fsp3) is 0.250. The summed E-state index contributed by atoms with van der Waals surface area (Å²) in [5.41, 5.74) is 2.73. The molecule has 1 aromatic carbocycles. The van der Waals surface area contributed by atoms with Crippen LogP contribution < -0.4 is 0 Å². The van der Waals surface area contributed by atoms with E-state index in [4.69, 9.17) is 12.2 Å². The summed E-state index contributed by atoms with van der Waals surface area (Å²) in [6.45, 7) is 2.17.